The number of hydrogen-bond donors (Lipinski definition) is 1. The van der Waals surface area contributed by atoms with Crippen molar-refractivity contribution in [1.29, 1.82) is 0 Å². The number of nitro groups is 1. The summed E-state index contributed by atoms with van der Waals surface area (Å²) in [6.07, 6.45) is 2.23. The Bertz CT molecular complexity index is 452. The monoisotopic (exact) mass is 235 g/mol. The molecule has 1 aromatic carbocycles. The topological polar surface area (TPSA) is 97.5 Å². The standard InChI is InChI=1S/C11H9NO5/c13-9(10(11(14)15)12(16)17)7-6-8-4-2-1-3-5-8/h1-7,10H,(H,14,15). The number of ketones is 1. The van der Waals surface area contributed by atoms with Gasteiger partial charge in [-0.1, -0.05) is 36.4 Å². The van der Waals surface area contributed by atoms with Crippen molar-refractivity contribution in [3.8, 4) is 0 Å². The Morgan fingerprint density at radius 1 is 1.29 bits per heavy atom. The van der Waals surface area contributed by atoms with Gasteiger partial charge in [0.15, 0.2) is 0 Å². The van der Waals surface area contributed by atoms with Crippen LogP contribution >= 0.6 is 0 Å². The number of carbonyl (C=O) groups excluding carboxylic acids is 1. The molecule has 0 amide bonds. The van der Waals surface area contributed by atoms with Crippen LogP contribution in [0.1, 0.15) is 5.56 Å². The van der Waals surface area contributed by atoms with Crippen LogP contribution in [0.5, 0.6) is 0 Å². The molecule has 0 aliphatic rings. The molecule has 0 saturated heterocycles. The average Bonchev–Trinajstić information content (AvgIpc) is 2.27. The van der Waals surface area contributed by atoms with E-state index in [1.54, 1.807) is 30.3 Å². The molecule has 0 spiro atoms. The lowest BCUT2D eigenvalue weighted by molar-refractivity contribution is -0.495. The fourth-order valence-corrected chi connectivity index (χ4v) is 1.15. The molecule has 0 radical (unpaired) electrons. The van der Waals surface area contributed by atoms with E-state index in [-0.39, 0.29) is 0 Å². The number of aliphatic carboxylic acids is 1. The number of carboxylic acids is 1. The lowest BCUT2D eigenvalue weighted by atomic mass is 10.1. The molecule has 1 rings (SSSR count). The first-order valence-corrected chi connectivity index (χ1v) is 4.65. The summed E-state index contributed by atoms with van der Waals surface area (Å²) in [5.74, 6) is -2.83. The first-order chi connectivity index (χ1) is 8.02. The molecule has 1 atom stereocenters. The molecule has 17 heavy (non-hydrogen) atoms. The van der Waals surface area contributed by atoms with Crippen molar-refractivity contribution < 1.29 is 19.6 Å². The molecule has 1 N–H and O–H groups in total. The van der Waals surface area contributed by atoms with E-state index in [1.165, 1.54) is 6.08 Å². The van der Waals surface area contributed by atoms with Crippen LogP contribution in [-0.2, 0) is 9.59 Å². The van der Waals surface area contributed by atoms with E-state index in [0.717, 1.165) is 6.08 Å². The van der Waals surface area contributed by atoms with Crippen LogP contribution in [0.3, 0.4) is 0 Å². The molecule has 0 fully saturated rings. The third kappa shape index (κ3) is 3.53. The Hall–Kier alpha value is -2.50. The molecular weight excluding hydrogens is 226 g/mol. The second kappa shape index (κ2) is 5.55. The molecular formula is C11H9NO5. The highest BCUT2D eigenvalue weighted by atomic mass is 16.6. The maximum Gasteiger partial charge on any atom is 0.387 e. The first kappa shape index (κ1) is 12.6. The van der Waals surface area contributed by atoms with Gasteiger partial charge in [0.2, 0.25) is 5.78 Å². The fraction of sp³-hybridized carbons (Fsp3) is 0.0909. The molecule has 1 aromatic rings. The van der Waals surface area contributed by atoms with E-state index in [0.29, 0.717) is 5.56 Å². The molecule has 6 nitrogen and oxygen atoms in total. The highest BCUT2D eigenvalue weighted by molar-refractivity contribution is 6.08. The van der Waals surface area contributed by atoms with Crippen LogP contribution in [0.15, 0.2) is 36.4 Å². The van der Waals surface area contributed by atoms with Crippen molar-refractivity contribution in [2.45, 2.75) is 6.04 Å². The van der Waals surface area contributed by atoms with E-state index in [2.05, 4.69) is 0 Å². The summed E-state index contributed by atoms with van der Waals surface area (Å²) < 4.78 is 0. The molecule has 0 bridgehead atoms. The third-order valence-corrected chi connectivity index (χ3v) is 1.95. The third-order valence-electron chi connectivity index (χ3n) is 1.95. The van der Waals surface area contributed by atoms with Crippen molar-refractivity contribution in [3.05, 3.63) is 52.1 Å². The Morgan fingerprint density at radius 2 is 1.88 bits per heavy atom. The van der Waals surface area contributed by atoms with Gasteiger partial charge in [-0.15, -0.1) is 0 Å². The zero-order valence-electron chi connectivity index (χ0n) is 8.65. The van der Waals surface area contributed by atoms with Gasteiger partial charge in [-0.3, -0.25) is 14.9 Å². The van der Waals surface area contributed by atoms with Gasteiger partial charge in [0, 0.05) is 4.92 Å². The predicted octanol–water partition coefficient (Wildman–Crippen LogP) is 0.999. The highest BCUT2D eigenvalue weighted by Crippen LogP contribution is 2.03. The molecule has 0 aliphatic carbocycles. The molecule has 6 heteroatoms. The van der Waals surface area contributed by atoms with Gasteiger partial charge in [0.1, 0.15) is 0 Å². The van der Waals surface area contributed by atoms with Gasteiger partial charge < -0.3 is 5.11 Å². The Labute approximate surface area is 96.3 Å². The average molecular weight is 235 g/mol. The Balaban J connectivity index is 2.81. The number of hydrogen-bond acceptors (Lipinski definition) is 4. The minimum Gasteiger partial charge on any atom is -0.476 e. The van der Waals surface area contributed by atoms with Gasteiger partial charge in [-0.2, -0.15) is 0 Å². The van der Waals surface area contributed by atoms with Gasteiger partial charge in [-0.05, 0) is 11.6 Å². The second-order valence-electron chi connectivity index (χ2n) is 3.17. The lowest BCUT2D eigenvalue weighted by Crippen LogP contribution is -2.36. The zero-order valence-corrected chi connectivity index (χ0v) is 8.65. The first-order valence-electron chi connectivity index (χ1n) is 4.65. The van der Waals surface area contributed by atoms with Crippen LogP contribution in [0, 0.1) is 10.1 Å². The van der Waals surface area contributed by atoms with Crippen LogP contribution in [0.25, 0.3) is 6.08 Å². The van der Waals surface area contributed by atoms with Gasteiger partial charge in [0.05, 0.1) is 0 Å². The van der Waals surface area contributed by atoms with E-state index < -0.39 is 22.7 Å². The summed E-state index contributed by atoms with van der Waals surface area (Å²) in [5, 5.41) is 18.9. The van der Waals surface area contributed by atoms with Gasteiger partial charge >= 0.3 is 12.0 Å². The van der Waals surface area contributed by atoms with E-state index in [1.807, 2.05) is 0 Å². The SMILES string of the molecule is O=C(O)C(C(=O)C=Cc1ccccc1)[N+](=O)[O-]. The number of nitrogens with zero attached hydrogens (tertiary/aromatic N) is 1. The van der Waals surface area contributed by atoms with Crippen LogP contribution in [0.4, 0.5) is 0 Å². The summed E-state index contributed by atoms with van der Waals surface area (Å²) >= 11 is 0. The predicted molar refractivity (Wildman–Crippen MR) is 58.9 cm³/mol. The summed E-state index contributed by atoms with van der Waals surface area (Å²) in [4.78, 5) is 31.0. The lowest BCUT2D eigenvalue weighted by Gasteiger charge is -1.99. The van der Waals surface area contributed by atoms with E-state index >= 15 is 0 Å². The normalized spacial score (nSPS) is 12.2. The summed E-state index contributed by atoms with van der Waals surface area (Å²) in [7, 11) is 0. The maximum absolute atomic E-state index is 11.3. The number of benzene rings is 1. The molecule has 0 saturated carbocycles. The Kier molecular flexibility index (Phi) is 4.10. The second-order valence-corrected chi connectivity index (χ2v) is 3.17. The van der Waals surface area contributed by atoms with Crippen molar-refractivity contribution in [3.63, 3.8) is 0 Å². The van der Waals surface area contributed by atoms with Crippen LogP contribution in [0.2, 0.25) is 0 Å². The van der Waals surface area contributed by atoms with Crippen molar-refractivity contribution in [2.24, 2.45) is 0 Å². The van der Waals surface area contributed by atoms with E-state index in [9.17, 15) is 19.7 Å². The molecule has 1 unspecified atom stereocenters. The maximum atomic E-state index is 11.3. The molecule has 0 heterocycles. The van der Waals surface area contributed by atoms with Crippen molar-refractivity contribution >= 4 is 17.8 Å². The fourth-order valence-electron chi connectivity index (χ4n) is 1.15. The van der Waals surface area contributed by atoms with Gasteiger partial charge in [-0.25, -0.2) is 4.79 Å². The quantitative estimate of drug-likeness (QED) is 0.355. The van der Waals surface area contributed by atoms with E-state index in [4.69, 9.17) is 5.11 Å². The van der Waals surface area contributed by atoms with Crippen molar-refractivity contribution in [1.82, 2.24) is 0 Å². The number of carbonyl (C=O) groups is 2. The summed E-state index contributed by atoms with van der Waals surface area (Å²) in [6, 6.07) is 6.36. The molecule has 0 aromatic heterocycles. The van der Waals surface area contributed by atoms with Gasteiger partial charge in [0.25, 0.3) is 0 Å². The number of carboxylic acid groups (broad SMARTS) is 1. The largest absolute Gasteiger partial charge is 0.476 e. The smallest absolute Gasteiger partial charge is 0.387 e. The zero-order chi connectivity index (χ0) is 12.8. The summed E-state index contributed by atoms with van der Waals surface area (Å²) in [5.41, 5.74) is 0.660. The Morgan fingerprint density at radius 3 is 2.35 bits per heavy atom. The highest BCUT2D eigenvalue weighted by Gasteiger charge is 2.35. The minimum atomic E-state index is -2.24. The van der Waals surface area contributed by atoms with Crippen LogP contribution in [-0.4, -0.2) is 27.8 Å². The molecule has 88 valence electrons. The van der Waals surface area contributed by atoms with Crippen molar-refractivity contribution in [2.75, 3.05) is 0 Å². The minimum absolute atomic E-state index is 0.660. The number of rotatable bonds is 5. The summed E-state index contributed by atoms with van der Waals surface area (Å²) in [6.45, 7) is 0. The molecule has 0 aliphatic heterocycles. The van der Waals surface area contributed by atoms with Crippen LogP contribution < -0.4 is 0 Å².